The topological polar surface area (TPSA) is 142 Å². The Balaban J connectivity index is 1.47. The van der Waals surface area contributed by atoms with Crippen molar-refractivity contribution in [1.29, 1.82) is 0 Å². The number of hydrogen-bond donors (Lipinski definition) is 1. The van der Waals surface area contributed by atoms with Gasteiger partial charge in [-0.25, -0.2) is 4.79 Å². The molecule has 0 saturated heterocycles. The number of rotatable bonds is 11. The van der Waals surface area contributed by atoms with E-state index in [1.807, 2.05) is 78.9 Å². The average molecular weight is 665 g/mol. The molecule has 0 amide bonds. The standard InChI is InChI=1S/C40H28N2O8/c43-39(44)32-16-9-15-31-30-14-7-8-17-33(30)40(38(31)32,28-18-20-36(34(22-28)41(45)46)49-24-26-10-3-1-4-11-26)29-19-21-37(35(23-29)42(47)48)50-25-27-12-5-2-6-13-27/h1-23H,24-25H2,(H,43,44). The molecule has 1 aliphatic rings. The zero-order valence-electron chi connectivity index (χ0n) is 26.4. The lowest BCUT2D eigenvalue weighted by Gasteiger charge is -2.34. The first-order valence-corrected chi connectivity index (χ1v) is 15.7. The Kier molecular flexibility index (Phi) is 8.26. The highest BCUT2D eigenvalue weighted by atomic mass is 16.6. The molecule has 10 heteroatoms. The number of nitro benzene ring substituents is 2. The molecule has 0 unspecified atom stereocenters. The molecular formula is C40H28N2O8. The molecule has 246 valence electrons. The van der Waals surface area contributed by atoms with Gasteiger partial charge in [0, 0.05) is 12.1 Å². The number of benzene rings is 6. The molecule has 7 rings (SSSR count). The molecule has 0 bridgehead atoms. The van der Waals surface area contributed by atoms with Crippen LogP contribution in [-0.4, -0.2) is 20.9 Å². The van der Waals surface area contributed by atoms with Crippen molar-refractivity contribution in [3.8, 4) is 22.6 Å². The molecule has 0 fully saturated rings. The van der Waals surface area contributed by atoms with Crippen molar-refractivity contribution in [3.05, 3.63) is 199 Å². The molecular weight excluding hydrogens is 636 g/mol. The fourth-order valence-electron chi connectivity index (χ4n) is 6.81. The van der Waals surface area contributed by atoms with Gasteiger partial charge in [0.25, 0.3) is 0 Å². The SMILES string of the molecule is O=C(O)c1cccc2c1C(c1ccc(OCc3ccccc3)c([N+](=O)[O-])c1)(c1ccc(OCc3ccccc3)c([N+](=O)[O-])c1)c1ccccc1-2. The van der Waals surface area contributed by atoms with E-state index in [0.29, 0.717) is 33.4 Å². The highest BCUT2D eigenvalue weighted by Crippen LogP contribution is 2.58. The van der Waals surface area contributed by atoms with Gasteiger partial charge >= 0.3 is 17.3 Å². The van der Waals surface area contributed by atoms with Crippen LogP contribution in [0.15, 0.2) is 140 Å². The van der Waals surface area contributed by atoms with Gasteiger partial charge in [0.05, 0.1) is 20.8 Å². The maximum absolute atomic E-state index is 12.9. The normalized spacial score (nSPS) is 12.4. The van der Waals surface area contributed by atoms with Crippen LogP contribution in [-0.2, 0) is 18.6 Å². The second-order valence-electron chi connectivity index (χ2n) is 11.8. The van der Waals surface area contributed by atoms with E-state index in [2.05, 4.69) is 0 Å². The minimum absolute atomic E-state index is 0.0198. The summed E-state index contributed by atoms with van der Waals surface area (Å²) >= 11 is 0. The van der Waals surface area contributed by atoms with E-state index in [1.54, 1.807) is 30.3 Å². The first-order chi connectivity index (χ1) is 24.3. The van der Waals surface area contributed by atoms with E-state index < -0.39 is 21.2 Å². The molecule has 0 saturated carbocycles. The van der Waals surface area contributed by atoms with Gasteiger partial charge in [-0.15, -0.1) is 0 Å². The number of nitrogens with zero attached hydrogens (tertiary/aromatic N) is 2. The van der Waals surface area contributed by atoms with Crippen LogP contribution in [0.2, 0.25) is 0 Å². The van der Waals surface area contributed by atoms with E-state index in [4.69, 9.17) is 9.47 Å². The van der Waals surface area contributed by atoms with Crippen molar-refractivity contribution in [2.45, 2.75) is 18.6 Å². The first-order valence-electron chi connectivity index (χ1n) is 15.7. The van der Waals surface area contributed by atoms with Crippen molar-refractivity contribution in [1.82, 2.24) is 0 Å². The number of carboxylic acid groups (broad SMARTS) is 1. The minimum atomic E-state index is -1.52. The summed E-state index contributed by atoms with van der Waals surface area (Å²) in [4.78, 5) is 37.0. The second kappa shape index (κ2) is 13.0. The third-order valence-corrected chi connectivity index (χ3v) is 8.94. The molecule has 0 aromatic heterocycles. The van der Waals surface area contributed by atoms with Crippen LogP contribution < -0.4 is 9.47 Å². The molecule has 6 aromatic carbocycles. The molecule has 0 heterocycles. The lowest BCUT2D eigenvalue weighted by Crippen LogP contribution is -2.31. The Morgan fingerprint density at radius 2 is 1.08 bits per heavy atom. The predicted molar refractivity (Wildman–Crippen MR) is 186 cm³/mol. The number of nitro groups is 2. The average Bonchev–Trinajstić information content (AvgIpc) is 3.45. The monoisotopic (exact) mass is 664 g/mol. The summed E-state index contributed by atoms with van der Waals surface area (Å²) in [5.74, 6) is -1.17. The van der Waals surface area contributed by atoms with Crippen LogP contribution in [0.3, 0.4) is 0 Å². The third kappa shape index (κ3) is 5.48. The number of ether oxygens (including phenoxy) is 2. The number of fused-ring (bicyclic) bond motifs is 3. The van der Waals surface area contributed by atoms with Gasteiger partial charge in [0.2, 0.25) is 0 Å². The van der Waals surface area contributed by atoms with Crippen LogP contribution in [0.1, 0.15) is 43.7 Å². The van der Waals surface area contributed by atoms with Crippen molar-refractivity contribution in [3.63, 3.8) is 0 Å². The Labute approximate surface area is 286 Å². The molecule has 0 aliphatic heterocycles. The zero-order chi connectivity index (χ0) is 34.8. The fraction of sp³-hybridized carbons (Fsp3) is 0.0750. The summed E-state index contributed by atoms with van der Waals surface area (Å²) in [5.41, 5.74) is 2.31. The number of aromatic carboxylic acids is 1. The molecule has 6 aromatic rings. The van der Waals surface area contributed by atoms with Crippen LogP contribution >= 0.6 is 0 Å². The summed E-state index contributed by atoms with van der Waals surface area (Å²) in [6.45, 7) is 0.162. The van der Waals surface area contributed by atoms with E-state index in [-0.39, 0.29) is 41.7 Å². The van der Waals surface area contributed by atoms with Crippen LogP contribution in [0, 0.1) is 20.2 Å². The van der Waals surface area contributed by atoms with Crippen LogP contribution in [0.4, 0.5) is 11.4 Å². The fourth-order valence-corrected chi connectivity index (χ4v) is 6.81. The van der Waals surface area contributed by atoms with Gasteiger partial charge in [-0.05, 0) is 62.7 Å². The van der Waals surface area contributed by atoms with E-state index in [0.717, 1.165) is 11.1 Å². The Bertz CT molecular complexity index is 2170. The highest BCUT2D eigenvalue weighted by molar-refractivity contribution is 5.98. The van der Waals surface area contributed by atoms with Gasteiger partial charge in [-0.2, -0.15) is 0 Å². The summed E-state index contributed by atoms with van der Waals surface area (Å²) < 4.78 is 11.9. The van der Waals surface area contributed by atoms with E-state index >= 15 is 0 Å². The minimum Gasteiger partial charge on any atom is -0.482 e. The quantitative estimate of drug-likeness (QED) is 0.107. The molecule has 0 radical (unpaired) electrons. The van der Waals surface area contributed by atoms with Crippen molar-refractivity contribution in [2.24, 2.45) is 0 Å². The molecule has 0 atom stereocenters. The van der Waals surface area contributed by atoms with Crippen LogP contribution in [0.25, 0.3) is 11.1 Å². The molecule has 0 spiro atoms. The third-order valence-electron chi connectivity index (χ3n) is 8.94. The van der Waals surface area contributed by atoms with Gasteiger partial charge in [0.15, 0.2) is 11.5 Å². The van der Waals surface area contributed by atoms with Gasteiger partial charge in [0.1, 0.15) is 13.2 Å². The largest absolute Gasteiger partial charge is 0.482 e. The highest BCUT2D eigenvalue weighted by Gasteiger charge is 2.49. The molecule has 1 N–H and O–H groups in total. The molecule has 1 aliphatic carbocycles. The summed E-state index contributed by atoms with van der Waals surface area (Å²) in [6, 6.07) is 39.7. The Hall–Kier alpha value is -6.81. The summed E-state index contributed by atoms with van der Waals surface area (Å²) in [6.07, 6.45) is 0. The van der Waals surface area contributed by atoms with Crippen LogP contribution in [0.5, 0.6) is 11.5 Å². The first kappa shape index (κ1) is 31.8. The second-order valence-corrected chi connectivity index (χ2v) is 11.8. The zero-order valence-corrected chi connectivity index (χ0v) is 26.4. The molecule has 10 nitrogen and oxygen atoms in total. The van der Waals surface area contributed by atoms with Gasteiger partial charge in [-0.3, -0.25) is 20.2 Å². The Morgan fingerprint density at radius 1 is 0.600 bits per heavy atom. The van der Waals surface area contributed by atoms with Crippen molar-refractivity contribution < 1.29 is 29.2 Å². The maximum atomic E-state index is 12.9. The lowest BCUT2D eigenvalue weighted by molar-refractivity contribution is -0.386. The van der Waals surface area contributed by atoms with Gasteiger partial charge < -0.3 is 14.6 Å². The predicted octanol–water partition coefficient (Wildman–Crippen LogP) is 8.72. The number of carboxylic acids is 1. The summed E-state index contributed by atoms with van der Waals surface area (Å²) in [7, 11) is 0. The van der Waals surface area contributed by atoms with Crippen molar-refractivity contribution in [2.75, 3.05) is 0 Å². The Morgan fingerprint density at radius 3 is 1.58 bits per heavy atom. The lowest BCUT2D eigenvalue weighted by atomic mass is 9.66. The molecule has 50 heavy (non-hydrogen) atoms. The number of hydrogen-bond acceptors (Lipinski definition) is 7. The van der Waals surface area contributed by atoms with Crippen molar-refractivity contribution >= 4 is 17.3 Å². The number of carbonyl (C=O) groups is 1. The smallest absolute Gasteiger partial charge is 0.336 e. The van der Waals surface area contributed by atoms with E-state index in [9.17, 15) is 30.1 Å². The van der Waals surface area contributed by atoms with Gasteiger partial charge in [-0.1, -0.05) is 109 Å². The maximum Gasteiger partial charge on any atom is 0.336 e. The summed E-state index contributed by atoms with van der Waals surface area (Å²) in [5, 5.41) is 35.7. The van der Waals surface area contributed by atoms with E-state index in [1.165, 1.54) is 30.3 Å².